The molecule has 7 nitrogen and oxygen atoms in total. The van der Waals surface area contributed by atoms with Gasteiger partial charge in [0.15, 0.2) is 5.82 Å². The van der Waals surface area contributed by atoms with Crippen LogP contribution in [0.4, 0.5) is 30.4 Å². The van der Waals surface area contributed by atoms with Crippen LogP contribution in [0.15, 0.2) is 18.7 Å². The summed E-state index contributed by atoms with van der Waals surface area (Å²) in [6, 6.07) is 1.40. The molecule has 0 bridgehead atoms. The van der Waals surface area contributed by atoms with Crippen LogP contribution in [0.5, 0.6) is 5.88 Å². The summed E-state index contributed by atoms with van der Waals surface area (Å²) in [5.74, 6) is -0.241. The SMILES string of the molecule is C=CC(=O)Nc1cc(N)c(OCCC(F)(F)F)nc1N(C)CCN(C)C. The summed E-state index contributed by atoms with van der Waals surface area (Å²) in [4.78, 5) is 19.5. The monoisotopic (exact) mass is 375 g/mol. The molecule has 0 atom stereocenters. The zero-order valence-corrected chi connectivity index (χ0v) is 15.1. The van der Waals surface area contributed by atoms with Crippen molar-refractivity contribution in [1.82, 2.24) is 9.88 Å². The summed E-state index contributed by atoms with van der Waals surface area (Å²) in [5, 5.41) is 2.59. The van der Waals surface area contributed by atoms with Crippen molar-refractivity contribution in [3.63, 3.8) is 0 Å². The van der Waals surface area contributed by atoms with E-state index in [1.54, 1.807) is 11.9 Å². The minimum absolute atomic E-state index is 0.0243. The summed E-state index contributed by atoms with van der Waals surface area (Å²) in [6.07, 6.45) is -4.36. The number of likely N-dealkylation sites (N-methyl/N-ethyl adjacent to an activating group) is 2. The van der Waals surface area contributed by atoms with Gasteiger partial charge in [0, 0.05) is 20.1 Å². The van der Waals surface area contributed by atoms with Crippen molar-refractivity contribution in [2.24, 2.45) is 0 Å². The van der Waals surface area contributed by atoms with E-state index in [0.29, 0.717) is 24.6 Å². The number of amides is 1. The maximum Gasteiger partial charge on any atom is 0.392 e. The fourth-order valence-electron chi connectivity index (χ4n) is 1.90. The highest BCUT2D eigenvalue weighted by Gasteiger charge is 2.27. The number of carbonyl (C=O) groups excluding carboxylic acids is 1. The van der Waals surface area contributed by atoms with Crippen LogP contribution in [0.25, 0.3) is 0 Å². The first-order valence-corrected chi connectivity index (χ1v) is 7.83. The first-order chi connectivity index (χ1) is 12.0. The minimum atomic E-state index is -4.34. The van der Waals surface area contributed by atoms with Gasteiger partial charge in [0.25, 0.3) is 0 Å². The van der Waals surface area contributed by atoms with Gasteiger partial charge in [-0.25, -0.2) is 0 Å². The molecule has 0 saturated heterocycles. The minimum Gasteiger partial charge on any atom is -0.476 e. The molecule has 1 heterocycles. The van der Waals surface area contributed by atoms with E-state index in [4.69, 9.17) is 10.5 Å². The number of nitrogens with zero attached hydrogens (tertiary/aromatic N) is 3. The van der Waals surface area contributed by atoms with E-state index in [1.807, 2.05) is 19.0 Å². The van der Waals surface area contributed by atoms with Gasteiger partial charge in [-0.15, -0.1) is 0 Å². The van der Waals surface area contributed by atoms with Crippen LogP contribution in [0, 0.1) is 0 Å². The normalized spacial score (nSPS) is 11.3. The number of anilines is 3. The van der Waals surface area contributed by atoms with Crippen molar-refractivity contribution in [1.29, 1.82) is 0 Å². The fraction of sp³-hybridized carbons (Fsp3) is 0.500. The molecule has 0 aromatic carbocycles. The molecule has 0 saturated carbocycles. The van der Waals surface area contributed by atoms with Crippen LogP contribution >= 0.6 is 0 Å². The zero-order valence-electron chi connectivity index (χ0n) is 15.1. The molecule has 1 aromatic heterocycles. The smallest absolute Gasteiger partial charge is 0.392 e. The lowest BCUT2D eigenvalue weighted by Gasteiger charge is -2.24. The predicted octanol–water partition coefficient (Wildman–Crippen LogP) is 2.12. The van der Waals surface area contributed by atoms with Crippen LogP contribution < -0.4 is 20.7 Å². The van der Waals surface area contributed by atoms with Gasteiger partial charge in [0.2, 0.25) is 11.8 Å². The summed E-state index contributed by atoms with van der Waals surface area (Å²) in [7, 11) is 5.54. The third-order valence-electron chi connectivity index (χ3n) is 3.31. The number of nitrogens with two attached hydrogens (primary N) is 1. The average molecular weight is 375 g/mol. The molecule has 0 fully saturated rings. The van der Waals surface area contributed by atoms with Crippen molar-refractivity contribution in [2.75, 3.05) is 56.8 Å². The van der Waals surface area contributed by atoms with Gasteiger partial charge in [0.05, 0.1) is 24.4 Å². The van der Waals surface area contributed by atoms with Crippen molar-refractivity contribution in [3.8, 4) is 5.88 Å². The highest BCUT2D eigenvalue weighted by Crippen LogP contribution is 2.32. The highest BCUT2D eigenvalue weighted by atomic mass is 19.4. The van der Waals surface area contributed by atoms with Gasteiger partial charge >= 0.3 is 6.18 Å². The number of hydrogen-bond donors (Lipinski definition) is 2. The number of aromatic nitrogens is 1. The molecule has 146 valence electrons. The molecule has 0 unspecified atom stereocenters. The summed E-state index contributed by atoms with van der Waals surface area (Å²) < 4.78 is 42.0. The predicted molar refractivity (Wildman–Crippen MR) is 95.5 cm³/mol. The van der Waals surface area contributed by atoms with E-state index in [2.05, 4.69) is 16.9 Å². The summed E-state index contributed by atoms with van der Waals surface area (Å²) >= 11 is 0. The Bertz CT molecular complexity index is 635. The molecule has 0 radical (unpaired) electrons. The first kappa shape index (κ1) is 21.6. The molecule has 26 heavy (non-hydrogen) atoms. The van der Waals surface area contributed by atoms with Gasteiger partial charge < -0.3 is 25.6 Å². The molecule has 3 N–H and O–H groups in total. The largest absolute Gasteiger partial charge is 0.476 e. The van der Waals surface area contributed by atoms with Crippen molar-refractivity contribution < 1.29 is 22.7 Å². The number of hydrogen-bond acceptors (Lipinski definition) is 6. The van der Waals surface area contributed by atoms with Crippen LogP contribution in [-0.4, -0.2) is 62.8 Å². The molecule has 1 aromatic rings. The molecule has 1 rings (SSSR count). The Labute approximate surface area is 150 Å². The van der Waals surface area contributed by atoms with Crippen molar-refractivity contribution >= 4 is 23.1 Å². The lowest BCUT2D eigenvalue weighted by atomic mass is 10.3. The van der Waals surface area contributed by atoms with Gasteiger partial charge in [0.1, 0.15) is 0 Å². The highest BCUT2D eigenvalue weighted by molar-refractivity contribution is 6.01. The molecule has 0 aliphatic carbocycles. The fourth-order valence-corrected chi connectivity index (χ4v) is 1.90. The number of nitrogens with one attached hydrogen (secondary N) is 1. The lowest BCUT2D eigenvalue weighted by molar-refractivity contribution is -0.139. The number of alkyl halides is 3. The van der Waals surface area contributed by atoms with Gasteiger partial charge in [-0.2, -0.15) is 18.2 Å². The van der Waals surface area contributed by atoms with Gasteiger partial charge in [-0.1, -0.05) is 6.58 Å². The molecule has 1 amide bonds. The van der Waals surface area contributed by atoms with E-state index in [0.717, 1.165) is 6.08 Å². The number of halogens is 3. The Morgan fingerprint density at radius 1 is 1.38 bits per heavy atom. The maximum absolute atomic E-state index is 12.3. The second-order valence-corrected chi connectivity index (χ2v) is 5.89. The molecular weight excluding hydrogens is 351 g/mol. The lowest BCUT2D eigenvalue weighted by Crippen LogP contribution is -2.30. The average Bonchev–Trinajstić information content (AvgIpc) is 2.53. The third kappa shape index (κ3) is 7.18. The van der Waals surface area contributed by atoms with Crippen LogP contribution in [-0.2, 0) is 4.79 Å². The van der Waals surface area contributed by atoms with E-state index >= 15 is 0 Å². The summed E-state index contributed by atoms with van der Waals surface area (Å²) in [6.45, 7) is 4.04. The Hall–Kier alpha value is -2.49. The van der Waals surface area contributed by atoms with Crippen molar-refractivity contribution in [3.05, 3.63) is 18.7 Å². The first-order valence-electron chi connectivity index (χ1n) is 7.83. The summed E-state index contributed by atoms with van der Waals surface area (Å²) in [5.41, 5.74) is 6.15. The molecular formula is C16H24F3N5O2. The van der Waals surface area contributed by atoms with Gasteiger partial charge in [-0.05, 0) is 26.2 Å². The third-order valence-corrected chi connectivity index (χ3v) is 3.31. The second kappa shape index (κ2) is 9.27. The molecule has 0 spiro atoms. The van der Waals surface area contributed by atoms with Crippen LogP contribution in [0.3, 0.4) is 0 Å². The molecule has 0 aliphatic rings. The van der Waals surface area contributed by atoms with E-state index in [9.17, 15) is 18.0 Å². The number of nitrogen functional groups attached to an aromatic ring is 1. The maximum atomic E-state index is 12.3. The number of pyridine rings is 1. The topological polar surface area (TPSA) is 83.7 Å². The molecule has 10 heteroatoms. The quantitative estimate of drug-likeness (QED) is 0.644. The second-order valence-electron chi connectivity index (χ2n) is 5.89. The standard InChI is InChI=1S/C16H24F3N5O2/c1-5-13(25)21-12-10-11(20)15(26-9-6-16(17,18)19)22-14(12)24(4)8-7-23(2)3/h5,10H,1,6-9,20H2,2-4H3,(H,21,25). The van der Waals surface area contributed by atoms with Crippen LogP contribution in [0.2, 0.25) is 0 Å². The number of ether oxygens (including phenoxy) is 1. The van der Waals surface area contributed by atoms with Crippen LogP contribution in [0.1, 0.15) is 6.42 Å². The van der Waals surface area contributed by atoms with Crippen molar-refractivity contribution in [2.45, 2.75) is 12.6 Å². The number of carbonyl (C=O) groups is 1. The Morgan fingerprint density at radius 3 is 2.58 bits per heavy atom. The van der Waals surface area contributed by atoms with E-state index in [-0.39, 0.29) is 11.6 Å². The zero-order chi connectivity index (χ0) is 19.9. The van der Waals surface area contributed by atoms with E-state index in [1.165, 1.54) is 6.07 Å². The Kier molecular flexibility index (Phi) is 7.69. The Balaban J connectivity index is 3.07. The Morgan fingerprint density at radius 2 is 2.04 bits per heavy atom. The van der Waals surface area contributed by atoms with Gasteiger partial charge in [-0.3, -0.25) is 4.79 Å². The molecule has 0 aliphatic heterocycles. The van der Waals surface area contributed by atoms with E-state index < -0.39 is 25.1 Å². The number of rotatable bonds is 9.